The molecule has 0 bridgehead atoms. The molecule has 6 heteroatoms. The average Bonchev–Trinajstić information content (AvgIpc) is 2.18. The molecule has 0 spiro atoms. The molecule has 0 amide bonds. The minimum absolute atomic E-state index is 0.0789. The summed E-state index contributed by atoms with van der Waals surface area (Å²) >= 11 is 2.17. The van der Waals surface area contributed by atoms with E-state index in [1.807, 2.05) is 12.1 Å². The minimum Gasteiger partial charge on any atom is -0.319 e. The van der Waals surface area contributed by atoms with Gasteiger partial charge in [0.25, 0.3) is 0 Å². The van der Waals surface area contributed by atoms with Crippen molar-refractivity contribution in [1.29, 1.82) is 0 Å². The van der Waals surface area contributed by atoms with Gasteiger partial charge in [-0.15, -0.1) is 0 Å². The van der Waals surface area contributed by atoms with Crippen LogP contribution in [-0.4, -0.2) is 27.8 Å². The maximum Gasteiger partial charge on any atom is 0.233 e. The molecule has 4 nitrogen and oxygen atoms in total. The molecular weight excluding hydrogens is 327 g/mol. The Morgan fingerprint density at radius 2 is 1.87 bits per heavy atom. The Balaban J connectivity index is 2.65. The first-order valence-electron chi connectivity index (χ1n) is 4.44. The van der Waals surface area contributed by atoms with E-state index >= 15 is 0 Å². The van der Waals surface area contributed by atoms with Crippen molar-refractivity contribution in [2.24, 2.45) is 0 Å². The number of hydrogen-bond acceptors (Lipinski definition) is 3. The van der Waals surface area contributed by atoms with Crippen LogP contribution in [0.2, 0.25) is 0 Å². The van der Waals surface area contributed by atoms with E-state index < -0.39 is 10.0 Å². The Kier molecular flexibility index (Phi) is 4.81. The van der Waals surface area contributed by atoms with Crippen LogP contribution in [0.25, 0.3) is 0 Å². The molecule has 2 N–H and O–H groups in total. The topological polar surface area (TPSA) is 58.2 Å². The molecule has 84 valence electrons. The summed E-state index contributed by atoms with van der Waals surface area (Å²) < 4.78 is 26.6. The smallest absolute Gasteiger partial charge is 0.233 e. The summed E-state index contributed by atoms with van der Waals surface area (Å²) in [5.41, 5.74) is 0.603. The van der Waals surface area contributed by atoms with Gasteiger partial charge in [0.05, 0.1) is 5.75 Å². The second-order valence-corrected chi connectivity index (χ2v) is 6.12. The number of benzene rings is 1. The molecule has 15 heavy (non-hydrogen) atoms. The first kappa shape index (κ1) is 12.7. The van der Waals surface area contributed by atoms with Crippen molar-refractivity contribution in [2.45, 2.75) is 0 Å². The van der Waals surface area contributed by atoms with E-state index in [0.29, 0.717) is 12.2 Å². The molecule has 0 atom stereocenters. The molecule has 0 aromatic heterocycles. The Bertz CT molecular complexity index is 403. The molecule has 1 rings (SSSR count). The highest BCUT2D eigenvalue weighted by Gasteiger charge is 2.08. The summed E-state index contributed by atoms with van der Waals surface area (Å²) in [6, 6.07) is 7.21. The summed E-state index contributed by atoms with van der Waals surface area (Å²) in [5, 5.41) is 2.80. The fraction of sp³-hybridized carbons (Fsp3) is 0.333. The fourth-order valence-corrected chi connectivity index (χ4v) is 2.41. The monoisotopic (exact) mass is 340 g/mol. The normalized spacial score (nSPS) is 11.3. The lowest BCUT2D eigenvalue weighted by Gasteiger charge is -2.07. The van der Waals surface area contributed by atoms with Gasteiger partial charge < -0.3 is 5.32 Å². The Morgan fingerprint density at radius 1 is 1.27 bits per heavy atom. The van der Waals surface area contributed by atoms with Gasteiger partial charge in [0.15, 0.2) is 0 Å². The molecule has 0 saturated carbocycles. The van der Waals surface area contributed by atoms with Gasteiger partial charge in [-0.1, -0.05) is 0 Å². The Morgan fingerprint density at radius 3 is 2.40 bits per heavy atom. The first-order chi connectivity index (χ1) is 7.03. The molecule has 0 heterocycles. The quantitative estimate of drug-likeness (QED) is 0.794. The predicted molar refractivity (Wildman–Crippen MR) is 70.5 cm³/mol. The van der Waals surface area contributed by atoms with Crippen molar-refractivity contribution in [3.8, 4) is 0 Å². The van der Waals surface area contributed by atoms with Gasteiger partial charge in [-0.25, -0.2) is 8.42 Å². The van der Waals surface area contributed by atoms with Crippen molar-refractivity contribution in [2.75, 3.05) is 24.1 Å². The number of rotatable bonds is 5. The molecule has 1 aromatic rings. The van der Waals surface area contributed by atoms with Gasteiger partial charge in [0.2, 0.25) is 10.0 Å². The molecular formula is C9H13IN2O2S. The van der Waals surface area contributed by atoms with Crippen LogP contribution in [0.4, 0.5) is 5.69 Å². The van der Waals surface area contributed by atoms with Crippen molar-refractivity contribution in [3.05, 3.63) is 27.8 Å². The van der Waals surface area contributed by atoms with Crippen LogP contribution >= 0.6 is 22.6 Å². The molecule has 0 aliphatic heterocycles. The van der Waals surface area contributed by atoms with Crippen LogP contribution in [0.1, 0.15) is 0 Å². The predicted octanol–water partition coefficient (Wildman–Crippen LogP) is 1.25. The molecule has 0 fully saturated rings. The highest BCUT2D eigenvalue weighted by atomic mass is 127. The molecule has 0 radical (unpaired) electrons. The third-order valence-electron chi connectivity index (χ3n) is 1.74. The number of nitrogens with one attached hydrogen (secondary N) is 2. The van der Waals surface area contributed by atoms with Crippen LogP contribution in [-0.2, 0) is 10.0 Å². The molecule has 0 aliphatic rings. The summed E-state index contributed by atoms with van der Waals surface area (Å²) in [7, 11) is -1.50. The lowest BCUT2D eigenvalue weighted by molar-refractivity contribution is 0.599. The van der Waals surface area contributed by atoms with Crippen LogP contribution in [0.15, 0.2) is 24.3 Å². The van der Waals surface area contributed by atoms with E-state index in [4.69, 9.17) is 0 Å². The van der Waals surface area contributed by atoms with E-state index in [0.717, 1.165) is 3.57 Å². The minimum atomic E-state index is -3.22. The zero-order valence-corrected chi connectivity index (χ0v) is 11.3. The van der Waals surface area contributed by atoms with Crippen molar-refractivity contribution in [1.82, 2.24) is 5.32 Å². The molecule has 0 unspecified atom stereocenters. The van der Waals surface area contributed by atoms with E-state index in [9.17, 15) is 8.42 Å². The Hall–Kier alpha value is -0.340. The first-order valence-corrected chi connectivity index (χ1v) is 7.17. The molecule has 0 saturated heterocycles. The van der Waals surface area contributed by atoms with Gasteiger partial charge >= 0.3 is 0 Å². The van der Waals surface area contributed by atoms with Crippen LogP contribution < -0.4 is 10.0 Å². The summed E-state index contributed by atoms with van der Waals surface area (Å²) in [6.45, 7) is 0.444. The third-order valence-corrected chi connectivity index (χ3v) is 3.75. The number of sulfonamides is 1. The van der Waals surface area contributed by atoms with Gasteiger partial charge in [0.1, 0.15) is 0 Å². The van der Waals surface area contributed by atoms with Crippen molar-refractivity contribution < 1.29 is 8.42 Å². The van der Waals surface area contributed by atoms with Crippen molar-refractivity contribution >= 4 is 38.3 Å². The Labute approximate surface area is 104 Å². The van der Waals surface area contributed by atoms with Crippen LogP contribution in [0.3, 0.4) is 0 Å². The summed E-state index contributed by atoms with van der Waals surface area (Å²) in [6.07, 6.45) is 0. The molecule has 0 aliphatic carbocycles. The summed E-state index contributed by atoms with van der Waals surface area (Å²) in [5.74, 6) is 0.0789. The lowest BCUT2D eigenvalue weighted by atomic mass is 10.3. The van der Waals surface area contributed by atoms with E-state index in [1.54, 1.807) is 19.2 Å². The number of hydrogen-bond donors (Lipinski definition) is 2. The third kappa shape index (κ3) is 4.80. The highest BCUT2D eigenvalue weighted by molar-refractivity contribution is 14.1. The molecule has 1 aromatic carbocycles. The van der Waals surface area contributed by atoms with E-state index in [-0.39, 0.29) is 5.75 Å². The maximum atomic E-state index is 11.5. The average molecular weight is 340 g/mol. The highest BCUT2D eigenvalue weighted by Crippen LogP contribution is 2.12. The lowest BCUT2D eigenvalue weighted by Crippen LogP contribution is -2.24. The van der Waals surface area contributed by atoms with Gasteiger partial charge in [0, 0.05) is 15.8 Å². The second kappa shape index (κ2) is 5.66. The van der Waals surface area contributed by atoms with Crippen molar-refractivity contribution in [3.63, 3.8) is 0 Å². The second-order valence-electron chi connectivity index (χ2n) is 3.03. The summed E-state index contributed by atoms with van der Waals surface area (Å²) in [4.78, 5) is 0. The van der Waals surface area contributed by atoms with Gasteiger partial charge in [-0.3, -0.25) is 4.72 Å². The zero-order chi connectivity index (χ0) is 11.3. The van der Waals surface area contributed by atoms with Crippen LogP contribution in [0.5, 0.6) is 0 Å². The van der Waals surface area contributed by atoms with Gasteiger partial charge in [-0.2, -0.15) is 0 Å². The maximum absolute atomic E-state index is 11.5. The van der Waals surface area contributed by atoms with Crippen LogP contribution in [0, 0.1) is 3.57 Å². The standard InChI is InChI=1S/C9H13IN2O2S/c1-11-6-7-15(13,14)12-9-4-2-8(10)3-5-9/h2-5,11-12H,6-7H2,1H3. The zero-order valence-electron chi connectivity index (χ0n) is 8.33. The van der Waals surface area contributed by atoms with E-state index in [1.165, 1.54) is 0 Å². The SMILES string of the molecule is CNCCS(=O)(=O)Nc1ccc(I)cc1. The largest absolute Gasteiger partial charge is 0.319 e. The number of halogens is 1. The fourth-order valence-electron chi connectivity index (χ4n) is 0.985. The van der Waals surface area contributed by atoms with Gasteiger partial charge in [-0.05, 0) is 53.9 Å². The van der Waals surface area contributed by atoms with E-state index in [2.05, 4.69) is 32.6 Å². The number of anilines is 1.